The minimum atomic E-state index is 0.190. The summed E-state index contributed by atoms with van der Waals surface area (Å²) >= 11 is 0. The molecule has 0 saturated heterocycles. The highest BCUT2D eigenvalue weighted by Gasteiger charge is 2.14. The Kier molecular flexibility index (Phi) is 4.92. The molecule has 0 amide bonds. The van der Waals surface area contributed by atoms with Crippen LogP contribution in [0.25, 0.3) is 0 Å². The molecule has 108 valence electrons. The molecule has 0 unspecified atom stereocenters. The van der Waals surface area contributed by atoms with Crippen LogP contribution in [-0.2, 0) is 0 Å². The normalized spacial score (nSPS) is 16.2. The van der Waals surface area contributed by atoms with Gasteiger partial charge in [-0.2, -0.15) is 15.0 Å². The second-order valence-corrected chi connectivity index (χ2v) is 5.03. The SMILES string of the molecule is C=CC(=C)Nc1nc(N)nc(NC2CCCCCC2)n1. The van der Waals surface area contributed by atoms with E-state index in [0.717, 1.165) is 12.8 Å². The summed E-state index contributed by atoms with van der Waals surface area (Å²) in [5.74, 6) is 1.10. The van der Waals surface area contributed by atoms with Gasteiger partial charge in [0.25, 0.3) is 0 Å². The van der Waals surface area contributed by atoms with Crippen molar-refractivity contribution in [2.75, 3.05) is 16.4 Å². The summed E-state index contributed by atoms with van der Waals surface area (Å²) in [6, 6.07) is 0.412. The lowest BCUT2D eigenvalue weighted by Gasteiger charge is -2.16. The van der Waals surface area contributed by atoms with Crippen LogP contribution in [0.5, 0.6) is 0 Å². The minimum Gasteiger partial charge on any atom is -0.368 e. The summed E-state index contributed by atoms with van der Waals surface area (Å²) in [4.78, 5) is 12.5. The number of hydrogen-bond acceptors (Lipinski definition) is 6. The van der Waals surface area contributed by atoms with Crippen LogP contribution in [0.4, 0.5) is 17.8 Å². The Morgan fingerprint density at radius 3 is 2.40 bits per heavy atom. The number of hydrogen-bond donors (Lipinski definition) is 3. The number of nitrogen functional groups attached to an aromatic ring is 1. The highest BCUT2D eigenvalue weighted by Crippen LogP contribution is 2.20. The first-order valence-corrected chi connectivity index (χ1v) is 7.04. The van der Waals surface area contributed by atoms with E-state index in [4.69, 9.17) is 5.73 Å². The molecule has 20 heavy (non-hydrogen) atoms. The van der Waals surface area contributed by atoms with Gasteiger partial charge in [0.1, 0.15) is 0 Å². The van der Waals surface area contributed by atoms with Crippen LogP contribution in [0.3, 0.4) is 0 Å². The van der Waals surface area contributed by atoms with Gasteiger partial charge in [-0.15, -0.1) is 0 Å². The van der Waals surface area contributed by atoms with Gasteiger partial charge in [-0.25, -0.2) is 0 Å². The van der Waals surface area contributed by atoms with Crippen LogP contribution in [-0.4, -0.2) is 21.0 Å². The van der Waals surface area contributed by atoms with E-state index < -0.39 is 0 Å². The molecule has 2 rings (SSSR count). The lowest BCUT2D eigenvalue weighted by molar-refractivity contribution is 0.614. The third-order valence-corrected chi connectivity index (χ3v) is 3.36. The molecule has 1 heterocycles. The topological polar surface area (TPSA) is 88.8 Å². The molecule has 4 N–H and O–H groups in total. The van der Waals surface area contributed by atoms with E-state index in [1.54, 1.807) is 6.08 Å². The van der Waals surface area contributed by atoms with Gasteiger partial charge in [0, 0.05) is 11.7 Å². The smallest absolute Gasteiger partial charge is 0.233 e. The molecular weight excluding hydrogens is 252 g/mol. The van der Waals surface area contributed by atoms with Crippen molar-refractivity contribution in [1.29, 1.82) is 0 Å². The van der Waals surface area contributed by atoms with Gasteiger partial charge in [-0.05, 0) is 18.9 Å². The number of nitrogens with zero attached hydrogens (tertiary/aromatic N) is 3. The van der Waals surface area contributed by atoms with Crippen molar-refractivity contribution in [3.05, 3.63) is 24.9 Å². The number of allylic oxidation sites excluding steroid dienone is 1. The van der Waals surface area contributed by atoms with Crippen LogP contribution < -0.4 is 16.4 Å². The maximum atomic E-state index is 5.71. The first kappa shape index (κ1) is 14.3. The number of aromatic nitrogens is 3. The molecule has 0 radical (unpaired) electrons. The molecule has 0 aliphatic heterocycles. The maximum Gasteiger partial charge on any atom is 0.233 e. The molecule has 6 heteroatoms. The van der Waals surface area contributed by atoms with Crippen molar-refractivity contribution in [1.82, 2.24) is 15.0 Å². The molecule has 1 aliphatic rings. The standard InChI is InChI=1S/C14H22N6/c1-3-10(2)16-13-18-12(15)19-14(20-13)17-11-8-6-4-5-7-9-11/h3,11H,1-2,4-9H2,(H4,15,16,17,18,19,20). The van der Waals surface area contributed by atoms with Crippen LogP contribution in [0.1, 0.15) is 38.5 Å². The van der Waals surface area contributed by atoms with E-state index in [-0.39, 0.29) is 5.95 Å². The molecule has 6 nitrogen and oxygen atoms in total. The number of nitrogens with two attached hydrogens (primary N) is 1. The Morgan fingerprint density at radius 2 is 1.75 bits per heavy atom. The van der Waals surface area contributed by atoms with Gasteiger partial charge in [0.15, 0.2) is 0 Å². The van der Waals surface area contributed by atoms with Crippen LogP contribution in [0.15, 0.2) is 24.9 Å². The molecule has 0 atom stereocenters. The van der Waals surface area contributed by atoms with Crippen LogP contribution in [0, 0.1) is 0 Å². The largest absolute Gasteiger partial charge is 0.368 e. The highest BCUT2D eigenvalue weighted by atomic mass is 15.2. The van der Waals surface area contributed by atoms with Crippen molar-refractivity contribution in [2.45, 2.75) is 44.6 Å². The predicted octanol–water partition coefficient (Wildman–Crippen LogP) is 2.70. The van der Waals surface area contributed by atoms with Crippen molar-refractivity contribution >= 4 is 17.8 Å². The van der Waals surface area contributed by atoms with Gasteiger partial charge in [-0.3, -0.25) is 0 Å². The summed E-state index contributed by atoms with van der Waals surface area (Å²) in [7, 11) is 0. The Labute approximate surface area is 119 Å². The van der Waals surface area contributed by atoms with Gasteiger partial charge in [-0.1, -0.05) is 38.8 Å². The summed E-state index contributed by atoms with van der Waals surface area (Å²) in [6.45, 7) is 7.39. The molecule has 0 aromatic carbocycles. The summed E-state index contributed by atoms with van der Waals surface area (Å²) in [5, 5.41) is 6.28. The van der Waals surface area contributed by atoms with Gasteiger partial charge in [0.2, 0.25) is 17.8 Å². The van der Waals surface area contributed by atoms with E-state index in [1.807, 2.05) is 0 Å². The third-order valence-electron chi connectivity index (χ3n) is 3.36. The molecule has 0 spiro atoms. The van der Waals surface area contributed by atoms with E-state index in [9.17, 15) is 0 Å². The maximum absolute atomic E-state index is 5.71. The summed E-state index contributed by atoms with van der Waals surface area (Å²) in [5.41, 5.74) is 6.34. The fraction of sp³-hybridized carbons (Fsp3) is 0.500. The molecule has 1 aliphatic carbocycles. The molecule has 1 aromatic heterocycles. The van der Waals surface area contributed by atoms with Crippen molar-refractivity contribution in [3.8, 4) is 0 Å². The quantitative estimate of drug-likeness (QED) is 0.565. The Morgan fingerprint density at radius 1 is 1.10 bits per heavy atom. The van der Waals surface area contributed by atoms with E-state index in [1.165, 1.54) is 25.7 Å². The fourth-order valence-corrected chi connectivity index (χ4v) is 2.31. The first-order valence-electron chi connectivity index (χ1n) is 7.04. The molecule has 0 bridgehead atoms. The van der Waals surface area contributed by atoms with Crippen LogP contribution in [0.2, 0.25) is 0 Å². The zero-order chi connectivity index (χ0) is 14.4. The van der Waals surface area contributed by atoms with Gasteiger partial charge >= 0.3 is 0 Å². The van der Waals surface area contributed by atoms with E-state index >= 15 is 0 Å². The van der Waals surface area contributed by atoms with Crippen LogP contribution >= 0.6 is 0 Å². The molecule has 1 saturated carbocycles. The summed E-state index contributed by atoms with van der Waals surface area (Å²) < 4.78 is 0. The van der Waals surface area contributed by atoms with Gasteiger partial charge in [0.05, 0.1) is 0 Å². The number of rotatable bonds is 5. The highest BCUT2D eigenvalue weighted by molar-refractivity contribution is 5.45. The van der Waals surface area contributed by atoms with Crippen molar-refractivity contribution in [2.24, 2.45) is 0 Å². The zero-order valence-corrected chi connectivity index (χ0v) is 11.7. The Bertz CT molecular complexity index is 477. The summed E-state index contributed by atoms with van der Waals surface area (Å²) in [6.07, 6.45) is 9.00. The Hall–Kier alpha value is -2.11. The Balaban J connectivity index is 2.06. The monoisotopic (exact) mass is 274 g/mol. The van der Waals surface area contributed by atoms with Crippen molar-refractivity contribution < 1.29 is 0 Å². The van der Waals surface area contributed by atoms with E-state index in [2.05, 4.69) is 38.7 Å². The fourth-order valence-electron chi connectivity index (χ4n) is 2.31. The zero-order valence-electron chi connectivity index (χ0n) is 11.7. The minimum absolute atomic E-state index is 0.190. The molecule has 1 fully saturated rings. The number of nitrogens with one attached hydrogen (secondary N) is 2. The van der Waals surface area contributed by atoms with E-state index in [0.29, 0.717) is 23.6 Å². The average molecular weight is 274 g/mol. The second-order valence-electron chi connectivity index (χ2n) is 5.03. The molecular formula is C14H22N6. The molecule has 1 aromatic rings. The first-order chi connectivity index (χ1) is 9.67. The third kappa shape index (κ3) is 4.22. The number of anilines is 3. The second kappa shape index (κ2) is 6.88. The predicted molar refractivity (Wildman–Crippen MR) is 82.3 cm³/mol. The van der Waals surface area contributed by atoms with Crippen molar-refractivity contribution in [3.63, 3.8) is 0 Å². The lowest BCUT2D eigenvalue weighted by atomic mass is 10.1. The lowest BCUT2D eigenvalue weighted by Crippen LogP contribution is -2.21. The average Bonchev–Trinajstić information content (AvgIpc) is 2.66. The van der Waals surface area contributed by atoms with Gasteiger partial charge < -0.3 is 16.4 Å².